The highest BCUT2D eigenvalue weighted by atomic mass is 16.5. The molecule has 0 radical (unpaired) electrons. The van der Waals surface area contributed by atoms with Gasteiger partial charge in [-0.1, -0.05) is 30.3 Å². The fourth-order valence-corrected chi connectivity index (χ4v) is 2.50. The third kappa shape index (κ3) is 3.38. The van der Waals surface area contributed by atoms with E-state index in [0.717, 1.165) is 5.56 Å². The Bertz CT molecular complexity index is 439. The average Bonchev–Trinajstić information content (AvgIpc) is 2.45. The van der Waals surface area contributed by atoms with Crippen molar-refractivity contribution in [1.29, 1.82) is 0 Å². The lowest BCUT2D eigenvalue weighted by Crippen LogP contribution is -2.59. The van der Waals surface area contributed by atoms with Gasteiger partial charge in [0.25, 0.3) is 0 Å². The fourth-order valence-electron chi connectivity index (χ4n) is 2.50. The fraction of sp³-hybridized carbons (Fsp3) is 0.562. The van der Waals surface area contributed by atoms with Crippen LogP contribution in [0, 0.1) is 0 Å². The highest BCUT2D eigenvalue weighted by Gasteiger charge is 2.39. The second kappa shape index (κ2) is 6.37. The number of nitrogens with two attached hydrogens (primary N) is 1. The first-order valence-electron chi connectivity index (χ1n) is 7.24. The van der Waals surface area contributed by atoms with Crippen molar-refractivity contribution in [1.82, 2.24) is 4.90 Å². The van der Waals surface area contributed by atoms with Crippen molar-refractivity contribution in [3.63, 3.8) is 0 Å². The zero-order chi connectivity index (χ0) is 14.6. The van der Waals surface area contributed by atoms with Crippen LogP contribution in [-0.4, -0.2) is 35.6 Å². The molecule has 0 spiro atoms. The van der Waals surface area contributed by atoms with E-state index in [9.17, 15) is 4.79 Å². The van der Waals surface area contributed by atoms with Crippen LogP contribution in [0.5, 0.6) is 0 Å². The Labute approximate surface area is 120 Å². The van der Waals surface area contributed by atoms with Gasteiger partial charge >= 0.3 is 0 Å². The van der Waals surface area contributed by atoms with E-state index in [-0.39, 0.29) is 11.9 Å². The summed E-state index contributed by atoms with van der Waals surface area (Å²) >= 11 is 0. The molecule has 110 valence electrons. The molecule has 1 aromatic rings. The van der Waals surface area contributed by atoms with Crippen molar-refractivity contribution in [2.75, 3.05) is 13.2 Å². The van der Waals surface area contributed by atoms with E-state index in [1.54, 1.807) is 0 Å². The maximum atomic E-state index is 12.8. The van der Waals surface area contributed by atoms with Crippen LogP contribution < -0.4 is 5.73 Å². The predicted molar refractivity (Wildman–Crippen MR) is 79.1 cm³/mol. The molecule has 0 aromatic heterocycles. The Morgan fingerprint density at radius 3 is 2.45 bits per heavy atom. The largest absolute Gasteiger partial charge is 0.381 e. The van der Waals surface area contributed by atoms with E-state index in [4.69, 9.17) is 10.5 Å². The molecule has 0 aliphatic carbocycles. The second-order valence-electron chi connectivity index (χ2n) is 5.78. The smallest absolute Gasteiger partial charge is 0.243 e. The number of carbonyl (C=O) groups excluding carboxylic acids is 1. The van der Waals surface area contributed by atoms with Crippen LogP contribution in [0.25, 0.3) is 0 Å². The summed E-state index contributed by atoms with van der Waals surface area (Å²) < 4.78 is 5.32. The molecule has 0 unspecified atom stereocenters. The van der Waals surface area contributed by atoms with E-state index >= 15 is 0 Å². The number of nitrogens with zero attached hydrogens (tertiary/aromatic N) is 1. The minimum atomic E-state index is -0.767. The first-order chi connectivity index (χ1) is 9.53. The highest BCUT2D eigenvalue weighted by molar-refractivity contribution is 5.86. The zero-order valence-corrected chi connectivity index (χ0v) is 12.3. The van der Waals surface area contributed by atoms with Gasteiger partial charge < -0.3 is 15.4 Å². The molecule has 2 rings (SSSR count). The van der Waals surface area contributed by atoms with E-state index in [0.29, 0.717) is 32.6 Å². The number of rotatable bonds is 4. The van der Waals surface area contributed by atoms with Crippen LogP contribution in [-0.2, 0) is 16.1 Å². The first kappa shape index (κ1) is 15.0. The van der Waals surface area contributed by atoms with E-state index in [1.807, 2.05) is 49.1 Å². The monoisotopic (exact) mass is 276 g/mol. The topological polar surface area (TPSA) is 55.6 Å². The summed E-state index contributed by atoms with van der Waals surface area (Å²) in [5.41, 5.74) is 6.69. The predicted octanol–water partition coefficient (Wildman–Crippen LogP) is 1.93. The summed E-state index contributed by atoms with van der Waals surface area (Å²) in [6.07, 6.45) is 1.20. The number of hydrogen-bond acceptors (Lipinski definition) is 3. The Morgan fingerprint density at radius 2 is 1.90 bits per heavy atom. The van der Waals surface area contributed by atoms with Crippen LogP contribution >= 0.6 is 0 Å². The van der Waals surface area contributed by atoms with Crippen molar-refractivity contribution in [3.8, 4) is 0 Å². The molecule has 1 aromatic carbocycles. The summed E-state index contributed by atoms with van der Waals surface area (Å²) in [6.45, 7) is 5.81. The lowest BCUT2D eigenvalue weighted by Gasteiger charge is -2.38. The zero-order valence-electron chi connectivity index (χ0n) is 12.3. The van der Waals surface area contributed by atoms with Gasteiger partial charge in [0.15, 0.2) is 0 Å². The van der Waals surface area contributed by atoms with Gasteiger partial charge in [-0.25, -0.2) is 0 Å². The molecule has 1 aliphatic heterocycles. The summed E-state index contributed by atoms with van der Waals surface area (Å²) in [7, 11) is 0. The van der Waals surface area contributed by atoms with Crippen LogP contribution in [0.15, 0.2) is 30.3 Å². The van der Waals surface area contributed by atoms with Gasteiger partial charge in [-0.3, -0.25) is 4.79 Å². The van der Waals surface area contributed by atoms with Gasteiger partial charge in [-0.15, -0.1) is 0 Å². The van der Waals surface area contributed by atoms with Gasteiger partial charge in [0.1, 0.15) is 0 Å². The van der Waals surface area contributed by atoms with Crippen molar-refractivity contribution in [3.05, 3.63) is 35.9 Å². The molecule has 0 saturated carbocycles. The van der Waals surface area contributed by atoms with Gasteiger partial charge in [0.05, 0.1) is 5.54 Å². The van der Waals surface area contributed by atoms with Gasteiger partial charge in [0, 0.05) is 25.8 Å². The van der Waals surface area contributed by atoms with E-state index in [1.165, 1.54) is 0 Å². The van der Waals surface area contributed by atoms with Crippen molar-refractivity contribution < 1.29 is 9.53 Å². The van der Waals surface area contributed by atoms with Crippen LogP contribution in [0.1, 0.15) is 32.3 Å². The molecule has 1 heterocycles. The van der Waals surface area contributed by atoms with Crippen LogP contribution in [0.3, 0.4) is 0 Å². The second-order valence-corrected chi connectivity index (χ2v) is 5.78. The molecule has 20 heavy (non-hydrogen) atoms. The highest BCUT2D eigenvalue weighted by Crippen LogP contribution is 2.23. The summed E-state index contributed by atoms with van der Waals surface area (Å²) in [6, 6.07) is 10.2. The minimum absolute atomic E-state index is 0.0413. The summed E-state index contributed by atoms with van der Waals surface area (Å²) in [4.78, 5) is 14.7. The normalized spacial score (nSPS) is 18.0. The molecule has 0 bridgehead atoms. The number of carbonyl (C=O) groups is 1. The molecule has 4 nitrogen and oxygen atoms in total. The lowest BCUT2D eigenvalue weighted by molar-refractivity contribution is -0.143. The van der Waals surface area contributed by atoms with E-state index in [2.05, 4.69) is 0 Å². The molecular formula is C16H24N2O2. The standard InChI is InChI=1S/C16H24N2O2/c1-13(2)18(12-14-6-4-3-5-7-14)15(19)16(17)8-10-20-11-9-16/h3-7,13H,8-12,17H2,1-2H3. The molecule has 1 fully saturated rings. The van der Waals surface area contributed by atoms with E-state index < -0.39 is 5.54 Å². The van der Waals surface area contributed by atoms with Crippen LogP contribution in [0.2, 0.25) is 0 Å². The Morgan fingerprint density at radius 1 is 1.30 bits per heavy atom. The number of benzene rings is 1. The molecule has 2 N–H and O–H groups in total. The maximum absolute atomic E-state index is 12.8. The molecule has 1 saturated heterocycles. The summed E-state index contributed by atoms with van der Waals surface area (Å²) in [5, 5.41) is 0. The molecule has 1 aliphatic rings. The SMILES string of the molecule is CC(C)N(Cc1ccccc1)C(=O)C1(N)CCOCC1. The third-order valence-electron chi connectivity index (χ3n) is 3.89. The van der Waals surface area contributed by atoms with Crippen molar-refractivity contribution in [2.24, 2.45) is 5.73 Å². The molecule has 4 heteroatoms. The molecular weight excluding hydrogens is 252 g/mol. The number of ether oxygens (including phenoxy) is 1. The molecule has 0 atom stereocenters. The quantitative estimate of drug-likeness (QED) is 0.914. The summed E-state index contributed by atoms with van der Waals surface area (Å²) in [5.74, 6) is 0.0413. The number of amides is 1. The minimum Gasteiger partial charge on any atom is -0.381 e. The Hall–Kier alpha value is -1.39. The Balaban J connectivity index is 2.13. The number of hydrogen-bond donors (Lipinski definition) is 1. The Kier molecular flexibility index (Phi) is 4.78. The van der Waals surface area contributed by atoms with Crippen LogP contribution in [0.4, 0.5) is 0 Å². The first-order valence-corrected chi connectivity index (χ1v) is 7.24. The van der Waals surface area contributed by atoms with Crippen molar-refractivity contribution in [2.45, 2.75) is 44.8 Å². The van der Waals surface area contributed by atoms with Gasteiger partial charge in [-0.05, 0) is 32.3 Å². The van der Waals surface area contributed by atoms with Gasteiger partial charge in [-0.2, -0.15) is 0 Å². The average molecular weight is 276 g/mol. The van der Waals surface area contributed by atoms with Crippen molar-refractivity contribution >= 4 is 5.91 Å². The third-order valence-corrected chi connectivity index (χ3v) is 3.89. The van der Waals surface area contributed by atoms with Gasteiger partial charge in [0.2, 0.25) is 5.91 Å². The molecule has 1 amide bonds. The maximum Gasteiger partial charge on any atom is 0.243 e. The lowest BCUT2D eigenvalue weighted by atomic mass is 9.89.